The summed E-state index contributed by atoms with van der Waals surface area (Å²) in [6.45, 7) is 0. The molecule has 0 radical (unpaired) electrons. The fourth-order valence-electron chi connectivity index (χ4n) is 2.34. The maximum Gasteiger partial charge on any atom is 0.343 e. The van der Waals surface area contributed by atoms with Crippen LogP contribution in [0.15, 0.2) is 82.4 Å². The molecule has 0 aliphatic rings. The SMILES string of the molecule is O=C(NN=Cc1ccc(OC(=O)c2cccc(Br)c2)cc1)C(=O)Nc1ccc(Cl)cc1. The molecule has 0 aromatic heterocycles. The minimum absolute atomic E-state index is 0.355. The monoisotopic (exact) mass is 499 g/mol. The third-order valence-electron chi connectivity index (χ3n) is 3.84. The van der Waals surface area contributed by atoms with Gasteiger partial charge in [0.2, 0.25) is 0 Å². The van der Waals surface area contributed by atoms with Crippen LogP contribution in [0.5, 0.6) is 5.75 Å². The zero-order valence-electron chi connectivity index (χ0n) is 15.8. The molecule has 0 aliphatic heterocycles. The van der Waals surface area contributed by atoms with Gasteiger partial charge < -0.3 is 10.1 Å². The molecule has 0 fully saturated rings. The van der Waals surface area contributed by atoms with Crippen molar-refractivity contribution in [3.8, 4) is 5.75 Å². The van der Waals surface area contributed by atoms with Crippen molar-refractivity contribution < 1.29 is 19.1 Å². The third kappa shape index (κ3) is 6.77. The highest BCUT2D eigenvalue weighted by atomic mass is 79.9. The van der Waals surface area contributed by atoms with Crippen LogP contribution >= 0.6 is 27.5 Å². The molecule has 0 atom stereocenters. The van der Waals surface area contributed by atoms with Gasteiger partial charge >= 0.3 is 17.8 Å². The molecule has 0 aliphatic carbocycles. The Morgan fingerprint density at radius 3 is 2.32 bits per heavy atom. The van der Waals surface area contributed by atoms with Crippen molar-refractivity contribution in [1.29, 1.82) is 0 Å². The second kappa shape index (κ2) is 10.5. The maximum atomic E-state index is 12.1. The van der Waals surface area contributed by atoms with Gasteiger partial charge in [-0.1, -0.05) is 33.6 Å². The Morgan fingerprint density at radius 2 is 1.65 bits per heavy atom. The Bertz CT molecular complexity index is 1130. The van der Waals surface area contributed by atoms with Crippen LogP contribution in [-0.4, -0.2) is 24.0 Å². The van der Waals surface area contributed by atoms with E-state index in [-0.39, 0.29) is 0 Å². The number of hydrogen-bond acceptors (Lipinski definition) is 5. The summed E-state index contributed by atoms with van der Waals surface area (Å²) in [4.78, 5) is 35.8. The van der Waals surface area contributed by atoms with Gasteiger partial charge in [-0.3, -0.25) is 9.59 Å². The van der Waals surface area contributed by atoms with Crippen molar-refractivity contribution in [2.24, 2.45) is 5.10 Å². The Labute approximate surface area is 191 Å². The van der Waals surface area contributed by atoms with Crippen molar-refractivity contribution in [2.45, 2.75) is 0 Å². The highest BCUT2D eigenvalue weighted by Crippen LogP contribution is 2.16. The quantitative estimate of drug-likeness (QED) is 0.178. The molecule has 3 aromatic carbocycles. The second-order valence-corrected chi connectivity index (χ2v) is 7.48. The maximum absolute atomic E-state index is 12.1. The van der Waals surface area contributed by atoms with Crippen LogP contribution in [0.2, 0.25) is 5.02 Å². The molecule has 0 bridgehead atoms. The number of hydrazone groups is 1. The van der Waals surface area contributed by atoms with E-state index in [1.807, 2.05) is 6.07 Å². The average Bonchev–Trinajstić information content (AvgIpc) is 2.76. The Kier molecular flexibility index (Phi) is 7.53. The van der Waals surface area contributed by atoms with E-state index in [2.05, 4.69) is 31.8 Å². The minimum atomic E-state index is -0.925. The molecule has 9 heteroatoms. The molecule has 0 saturated carbocycles. The molecule has 3 aromatic rings. The molecule has 7 nitrogen and oxygen atoms in total. The number of hydrogen-bond donors (Lipinski definition) is 2. The van der Waals surface area contributed by atoms with Crippen molar-refractivity contribution in [1.82, 2.24) is 5.43 Å². The lowest BCUT2D eigenvalue weighted by Crippen LogP contribution is -2.32. The summed E-state index contributed by atoms with van der Waals surface area (Å²) in [7, 11) is 0. The predicted molar refractivity (Wildman–Crippen MR) is 121 cm³/mol. The number of anilines is 1. The summed E-state index contributed by atoms with van der Waals surface area (Å²) in [6, 6.07) is 19.7. The number of carbonyl (C=O) groups excluding carboxylic acids is 3. The van der Waals surface area contributed by atoms with E-state index < -0.39 is 17.8 Å². The lowest BCUT2D eigenvalue weighted by Gasteiger charge is -2.05. The molecular formula is C22H15BrClN3O4. The zero-order chi connectivity index (χ0) is 22.2. The van der Waals surface area contributed by atoms with E-state index in [0.717, 1.165) is 4.47 Å². The summed E-state index contributed by atoms with van der Waals surface area (Å²) < 4.78 is 6.09. The number of benzene rings is 3. The van der Waals surface area contributed by atoms with Crippen LogP contribution in [0.4, 0.5) is 5.69 Å². The van der Waals surface area contributed by atoms with Crippen LogP contribution in [0.3, 0.4) is 0 Å². The van der Waals surface area contributed by atoms with Gasteiger partial charge in [0, 0.05) is 15.2 Å². The molecule has 31 heavy (non-hydrogen) atoms. The van der Waals surface area contributed by atoms with Gasteiger partial charge in [0.05, 0.1) is 11.8 Å². The first-order valence-corrected chi connectivity index (χ1v) is 10.1. The van der Waals surface area contributed by atoms with Gasteiger partial charge in [0.25, 0.3) is 0 Å². The van der Waals surface area contributed by atoms with Crippen molar-refractivity contribution in [2.75, 3.05) is 5.32 Å². The molecule has 2 amide bonds. The summed E-state index contributed by atoms with van der Waals surface area (Å²) >= 11 is 9.07. The summed E-state index contributed by atoms with van der Waals surface area (Å²) in [5.41, 5.74) is 3.61. The van der Waals surface area contributed by atoms with Crippen LogP contribution in [-0.2, 0) is 9.59 Å². The number of ether oxygens (including phenoxy) is 1. The predicted octanol–water partition coefficient (Wildman–Crippen LogP) is 4.41. The normalized spacial score (nSPS) is 10.5. The van der Waals surface area contributed by atoms with Crippen LogP contribution in [0.1, 0.15) is 15.9 Å². The van der Waals surface area contributed by atoms with E-state index >= 15 is 0 Å². The van der Waals surface area contributed by atoms with E-state index in [1.165, 1.54) is 6.21 Å². The fourth-order valence-corrected chi connectivity index (χ4v) is 2.87. The molecule has 0 spiro atoms. The number of esters is 1. The number of nitrogens with one attached hydrogen (secondary N) is 2. The van der Waals surface area contributed by atoms with Crippen molar-refractivity contribution in [3.05, 3.63) is 93.4 Å². The first-order valence-electron chi connectivity index (χ1n) is 8.88. The van der Waals surface area contributed by atoms with E-state index in [0.29, 0.717) is 27.6 Å². The van der Waals surface area contributed by atoms with E-state index in [1.54, 1.807) is 66.7 Å². The molecule has 0 unspecified atom stereocenters. The van der Waals surface area contributed by atoms with E-state index in [4.69, 9.17) is 16.3 Å². The van der Waals surface area contributed by atoms with Gasteiger partial charge in [0.15, 0.2) is 0 Å². The molecule has 0 heterocycles. The molecule has 3 rings (SSSR count). The third-order valence-corrected chi connectivity index (χ3v) is 4.58. The Morgan fingerprint density at radius 1 is 0.935 bits per heavy atom. The van der Waals surface area contributed by atoms with Gasteiger partial charge in [-0.2, -0.15) is 5.10 Å². The lowest BCUT2D eigenvalue weighted by molar-refractivity contribution is -0.136. The standard InChI is InChI=1S/C22H15BrClN3O4/c23-16-3-1-2-15(12-16)22(30)31-19-10-4-14(5-11-19)13-25-27-21(29)20(28)26-18-8-6-17(24)7-9-18/h1-13H,(H,26,28)(H,27,29). The van der Waals surface area contributed by atoms with Gasteiger partial charge in [-0.15, -0.1) is 0 Å². The topological polar surface area (TPSA) is 96.9 Å². The average molecular weight is 501 g/mol. The zero-order valence-corrected chi connectivity index (χ0v) is 18.2. The van der Waals surface area contributed by atoms with Crippen molar-refractivity contribution in [3.63, 3.8) is 0 Å². The van der Waals surface area contributed by atoms with E-state index in [9.17, 15) is 14.4 Å². The number of carbonyl (C=O) groups is 3. The van der Waals surface area contributed by atoms with Crippen LogP contribution in [0.25, 0.3) is 0 Å². The summed E-state index contributed by atoms with van der Waals surface area (Å²) in [5.74, 6) is -1.92. The Hall–Kier alpha value is -3.49. The van der Waals surface area contributed by atoms with Gasteiger partial charge in [0.1, 0.15) is 5.75 Å². The fraction of sp³-hybridized carbons (Fsp3) is 0. The van der Waals surface area contributed by atoms with Crippen LogP contribution in [0, 0.1) is 0 Å². The smallest absolute Gasteiger partial charge is 0.343 e. The number of amides is 2. The lowest BCUT2D eigenvalue weighted by atomic mass is 10.2. The second-order valence-electron chi connectivity index (χ2n) is 6.13. The van der Waals surface area contributed by atoms with Gasteiger partial charge in [-0.25, -0.2) is 10.2 Å². The first-order chi connectivity index (χ1) is 14.9. The first kappa shape index (κ1) is 22.2. The minimum Gasteiger partial charge on any atom is -0.423 e. The van der Waals surface area contributed by atoms with Gasteiger partial charge in [-0.05, 0) is 72.3 Å². The number of rotatable bonds is 5. The van der Waals surface area contributed by atoms with Crippen molar-refractivity contribution >= 4 is 57.2 Å². The number of halogens is 2. The Balaban J connectivity index is 1.50. The largest absolute Gasteiger partial charge is 0.423 e. The highest BCUT2D eigenvalue weighted by Gasteiger charge is 2.13. The molecule has 156 valence electrons. The molecule has 2 N–H and O–H groups in total. The molecular weight excluding hydrogens is 486 g/mol. The summed E-state index contributed by atoms with van der Waals surface area (Å²) in [5, 5.41) is 6.69. The molecule has 0 saturated heterocycles. The number of nitrogens with zero attached hydrogens (tertiary/aromatic N) is 1. The van der Waals surface area contributed by atoms with Crippen LogP contribution < -0.4 is 15.5 Å². The highest BCUT2D eigenvalue weighted by molar-refractivity contribution is 9.10. The summed E-state index contributed by atoms with van der Waals surface area (Å²) in [6.07, 6.45) is 1.35.